The number of rotatable bonds is 6. The van der Waals surface area contributed by atoms with Gasteiger partial charge in [0.1, 0.15) is 16.2 Å². The molecule has 2 amide bonds. The van der Waals surface area contributed by atoms with Crippen molar-refractivity contribution < 1.29 is 14.0 Å². The summed E-state index contributed by atoms with van der Waals surface area (Å²) < 4.78 is 13.9. The van der Waals surface area contributed by atoms with Gasteiger partial charge >= 0.3 is 0 Å². The second kappa shape index (κ2) is 8.71. The Labute approximate surface area is 186 Å². The lowest BCUT2D eigenvalue weighted by atomic mass is 10.1. The number of hydrogen-bond donors (Lipinski definition) is 2. The van der Waals surface area contributed by atoms with Crippen LogP contribution in [0.1, 0.15) is 17.4 Å². The number of H-pyrrole nitrogens is 1. The van der Waals surface area contributed by atoms with Gasteiger partial charge in [0.15, 0.2) is 0 Å². The highest BCUT2D eigenvalue weighted by molar-refractivity contribution is 8.26. The van der Waals surface area contributed by atoms with Crippen LogP contribution in [0, 0.1) is 5.82 Å². The van der Waals surface area contributed by atoms with Crippen LogP contribution in [0.5, 0.6) is 0 Å². The molecule has 0 unspecified atom stereocenters. The van der Waals surface area contributed by atoms with Crippen molar-refractivity contribution >= 4 is 68.4 Å². The van der Waals surface area contributed by atoms with Crippen molar-refractivity contribution in [2.24, 2.45) is 0 Å². The van der Waals surface area contributed by atoms with E-state index in [4.69, 9.17) is 12.2 Å². The number of aromatic amines is 1. The largest absolute Gasteiger partial charge is 0.361 e. The number of thiophene rings is 1. The molecule has 1 fully saturated rings. The van der Waals surface area contributed by atoms with E-state index < -0.39 is 6.04 Å². The smallest absolute Gasteiger partial charge is 0.266 e. The fraction of sp³-hybridized carbons (Fsp3) is 0.190. The molecule has 0 aliphatic carbocycles. The van der Waals surface area contributed by atoms with Gasteiger partial charge in [-0.3, -0.25) is 14.5 Å². The molecule has 1 aromatic carbocycles. The van der Waals surface area contributed by atoms with Crippen LogP contribution in [0.3, 0.4) is 0 Å². The summed E-state index contributed by atoms with van der Waals surface area (Å²) in [6.45, 7) is 2.03. The van der Waals surface area contributed by atoms with Gasteiger partial charge in [-0.2, -0.15) is 0 Å². The fourth-order valence-electron chi connectivity index (χ4n) is 3.26. The highest BCUT2D eigenvalue weighted by Gasteiger charge is 2.38. The van der Waals surface area contributed by atoms with Crippen molar-refractivity contribution in [1.82, 2.24) is 15.2 Å². The Hall–Kier alpha value is -2.49. The molecule has 0 spiro atoms. The van der Waals surface area contributed by atoms with Crippen LogP contribution < -0.4 is 5.32 Å². The molecule has 9 heteroatoms. The van der Waals surface area contributed by atoms with Gasteiger partial charge < -0.3 is 10.3 Å². The summed E-state index contributed by atoms with van der Waals surface area (Å²) in [6, 6.07) is 7.69. The van der Waals surface area contributed by atoms with E-state index in [2.05, 4.69) is 10.3 Å². The molecule has 30 heavy (non-hydrogen) atoms. The first-order chi connectivity index (χ1) is 14.4. The number of halogens is 1. The SMILES string of the molecule is C[C@H](C(=O)NCCc1c[nH]c2ccc(F)cc12)N1C(=O)/C(=C\c2cccs2)SC1=S. The van der Waals surface area contributed by atoms with Crippen LogP contribution in [-0.4, -0.2) is 38.6 Å². The molecular formula is C21H18FN3O2S3. The molecule has 3 aromatic rings. The van der Waals surface area contributed by atoms with Crippen molar-refractivity contribution in [3.05, 3.63) is 63.1 Å². The second-order valence-corrected chi connectivity index (χ2v) is 9.44. The van der Waals surface area contributed by atoms with E-state index >= 15 is 0 Å². The predicted octanol–water partition coefficient (Wildman–Crippen LogP) is 4.32. The zero-order valence-corrected chi connectivity index (χ0v) is 18.4. The lowest BCUT2D eigenvalue weighted by Gasteiger charge is -2.22. The Bertz CT molecular complexity index is 1150. The minimum atomic E-state index is -0.716. The number of fused-ring (bicyclic) bond motifs is 1. The maximum Gasteiger partial charge on any atom is 0.266 e. The van der Waals surface area contributed by atoms with Gasteiger partial charge in [0.25, 0.3) is 5.91 Å². The summed E-state index contributed by atoms with van der Waals surface area (Å²) in [5, 5.41) is 5.59. The summed E-state index contributed by atoms with van der Waals surface area (Å²) in [5.41, 5.74) is 1.77. The van der Waals surface area contributed by atoms with Crippen molar-refractivity contribution in [2.75, 3.05) is 6.54 Å². The van der Waals surface area contributed by atoms with Crippen molar-refractivity contribution in [1.29, 1.82) is 0 Å². The van der Waals surface area contributed by atoms with Gasteiger partial charge in [0.05, 0.1) is 4.91 Å². The Balaban J connectivity index is 1.38. The molecule has 2 N–H and O–H groups in total. The van der Waals surface area contributed by atoms with Crippen LogP contribution in [0.2, 0.25) is 0 Å². The molecule has 1 atom stereocenters. The van der Waals surface area contributed by atoms with Gasteiger partial charge in [-0.25, -0.2) is 4.39 Å². The van der Waals surface area contributed by atoms with Gasteiger partial charge in [-0.15, -0.1) is 11.3 Å². The monoisotopic (exact) mass is 459 g/mol. The topological polar surface area (TPSA) is 65.2 Å². The number of nitrogens with zero attached hydrogens (tertiary/aromatic N) is 1. The number of carbonyl (C=O) groups is 2. The molecule has 1 saturated heterocycles. The summed E-state index contributed by atoms with van der Waals surface area (Å²) in [4.78, 5) is 31.3. The zero-order valence-electron chi connectivity index (χ0n) is 16.0. The van der Waals surface area contributed by atoms with Gasteiger partial charge in [0.2, 0.25) is 5.91 Å². The molecule has 2 aromatic heterocycles. The third kappa shape index (κ3) is 4.19. The molecule has 0 bridgehead atoms. The number of nitrogens with one attached hydrogen (secondary N) is 2. The first-order valence-electron chi connectivity index (χ1n) is 9.28. The standard InChI is InChI=1S/C21H18FN3O2S3/c1-12(25-20(27)18(30-21(25)28)10-15-3-2-8-29-15)19(26)23-7-6-13-11-24-17-5-4-14(22)9-16(13)17/h2-5,8-12,24H,6-7H2,1H3,(H,23,26)/b18-10+/t12-/m1/s1. The number of thioether (sulfide) groups is 1. The molecule has 5 nitrogen and oxygen atoms in total. The Kier molecular flexibility index (Phi) is 6.03. The van der Waals surface area contributed by atoms with E-state index in [9.17, 15) is 14.0 Å². The number of benzene rings is 1. The average Bonchev–Trinajstić information content (AvgIpc) is 3.43. The average molecular weight is 460 g/mol. The van der Waals surface area contributed by atoms with E-state index in [1.165, 1.54) is 40.1 Å². The van der Waals surface area contributed by atoms with Crippen LogP contribution >= 0.6 is 35.3 Å². The fourth-order valence-corrected chi connectivity index (χ4v) is 5.40. The number of aromatic nitrogens is 1. The van der Waals surface area contributed by atoms with E-state index in [0.29, 0.717) is 22.2 Å². The molecule has 1 aliphatic rings. The van der Waals surface area contributed by atoms with Crippen molar-refractivity contribution in [2.45, 2.75) is 19.4 Å². The molecule has 0 radical (unpaired) electrons. The molecule has 3 heterocycles. The first kappa shape index (κ1) is 20.8. The molecular weight excluding hydrogens is 441 g/mol. The molecule has 1 aliphatic heterocycles. The van der Waals surface area contributed by atoms with E-state index in [1.807, 2.05) is 23.7 Å². The first-order valence-corrected chi connectivity index (χ1v) is 11.4. The van der Waals surface area contributed by atoms with E-state index in [-0.39, 0.29) is 17.6 Å². The third-order valence-electron chi connectivity index (χ3n) is 4.83. The van der Waals surface area contributed by atoms with Crippen LogP contribution in [0.4, 0.5) is 4.39 Å². The minimum Gasteiger partial charge on any atom is -0.361 e. The van der Waals surface area contributed by atoms with E-state index in [0.717, 1.165) is 21.3 Å². The maximum atomic E-state index is 13.5. The lowest BCUT2D eigenvalue weighted by molar-refractivity contribution is -0.132. The third-order valence-corrected chi connectivity index (χ3v) is 6.98. The highest BCUT2D eigenvalue weighted by atomic mass is 32.2. The quantitative estimate of drug-likeness (QED) is 0.426. The Morgan fingerprint density at radius 3 is 3.00 bits per heavy atom. The lowest BCUT2D eigenvalue weighted by Crippen LogP contribution is -2.47. The van der Waals surface area contributed by atoms with Gasteiger partial charge in [-0.05, 0) is 54.6 Å². The number of hydrogen-bond acceptors (Lipinski definition) is 5. The molecule has 154 valence electrons. The zero-order chi connectivity index (χ0) is 21.3. The summed E-state index contributed by atoms with van der Waals surface area (Å²) in [5.74, 6) is -0.839. The number of thiocarbonyl (C=S) groups is 1. The van der Waals surface area contributed by atoms with Gasteiger partial charge in [0, 0.05) is 28.5 Å². The normalized spacial score (nSPS) is 16.6. The Morgan fingerprint density at radius 1 is 1.40 bits per heavy atom. The van der Waals surface area contributed by atoms with Gasteiger partial charge in [-0.1, -0.05) is 30.0 Å². The van der Waals surface area contributed by atoms with Crippen LogP contribution in [-0.2, 0) is 16.0 Å². The Morgan fingerprint density at radius 2 is 2.23 bits per heavy atom. The van der Waals surface area contributed by atoms with Crippen molar-refractivity contribution in [3.8, 4) is 0 Å². The number of carbonyl (C=O) groups excluding carboxylic acids is 2. The molecule has 0 saturated carbocycles. The maximum absolute atomic E-state index is 13.5. The summed E-state index contributed by atoms with van der Waals surface area (Å²) in [6.07, 6.45) is 4.15. The van der Waals surface area contributed by atoms with Crippen molar-refractivity contribution in [3.63, 3.8) is 0 Å². The number of amides is 2. The van der Waals surface area contributed by atoms with Crippen LogP contribution in [0.25, 0.3) is 17.0 Å². The van der Waals surface area contributed by atoms with E-state index in [1.54, 1.807) is 19.1 Å². The summed E-state index contributed by atoms with van der Waals surface area (Å²) >= 11 is 8.08. The highest BCUT2D eigenvalue weighted by Crippen LogP contribution is 2.34. The summed E-state index contributed by atoms with van der Waals surface area (Å²) in [7, 11) is 0. The second-order valence-electron chi connectivity index (χ2n) is 6.79. The predicted molar refractivity (Wildman–Crippen MR) is 124 cm³/mol. The van der Waals surface area contributed by atoms with Crippen LogP contribution in [0.15, 0.2) is 46.8 Å². The minimum absolute atomic E-state index is 0.256. The molecule has 4 rings (SSSR count).